The van der Waals surface area contributed by atoms with Gasteiger partial charge in [-0.05, 0) is 34.7 Å². The number of nitrogens with one attached hydrogen (secondary N) is 2. The summed E-state index contributed by atoms with van der Waals surface area (Å²) < 4.78 is 8.83. The number of aromatic nitrogens is 4. The molecule has 0 saturated heterocycles. The molecule has 0 radical (unpaired) electrons. The number of nitrogens with zero attached hydrogens (tertiary/aromatic N) is 4. The Kier molecular flexibility index (Phi) is 4.88. The topological polar surface area (TPSA) is 107 Å². The second-order valence-corrected chi connectivity index (χ2v) is 6.41. The summed E-state index contributed by atoms with van der Waals surface area (Å²) in [6.07, 6.45) is 4.70. The first-order valence-electron chi connectivity index (χ1n) is 7.28. The van der Waals surface area contributed by atoms with Crippen LogP contribution in [0.2, 0.25) is 0 Å². The fourth-order valence-corrected chi connectivity index (χ4v) is 2.98. The molecule has 3 aromatic heterocycles. The highest BCUT2D eigenvalue weighted by Gasteiger charge is 2.21. The number of halogens is 1. The molecule has 0 aromatic carbocycles. The normalized spacial score (nSPS) is 10.7. The molecule has 0 unspecified atom stereocenters. The van der Waals surface area contributed by atoms with E-state index in [1.807, 2.05) is 22.6 Å². The number of rotatable bonds is 5. The van der Waals surface area contributed by atoms with Crippen molar-refractivity contribution in [1.29, 1.82) is 0 Å². The Balaban J connectivity index is 1.76. The molecule has 0 aliphatic heterocycles. The first-order chi connectivity index (χ1) is 12.0. The van der Waals surface area contributed by atoms with Gasteiger partial charge in [0.1, 0.15) is 11.5 Å². The minimum absolute atomic E-state index is 0.125. The zero-order chi connectivity index (χ0) is 18.0. The smallest absolute Gasteiger partial charge is 0.275 e. The van der Waals surface area contributed by atoms with E-state index in [-0.39, 0.29) is 18.1 Å². The average molecular weight is 454 g/mol. The summed E-state index contributed by atoms with van der Waals surface area (Å²) in [5.74, 6) is -0.149. The monoisotopic (exact) mass is 454 g/mol. The number of furan rings is 1. The predicted molar refractivity (Wildman–Crippen MR) is 97.0 cm³/mol. The van der Waals surface area contributed by atoms with Crippen molar-refractivity contribution >= 4 is 40.1 Å². The van der Waals surface area contributed by atoms with Crippen LogP contribution in [-0.4, -0.2) is 31.4 Å². The fourth-order valence-electron chi connectivity index (χ4n) is 2.26. The highest BCUT2D eigenvalue weighted by molar-refractivity contribution is 14.1. The van der Waals surface area contributed by atoms with Crippen LogP contribution in [0.25, 0.3) is 0 Å². The highest BCUT2D eigenvalue weighted by Crippen LogP contribution is 2.17. The zero-order valence-corrected chi connectivity index (χ0v) is 15.6. The van der Waals surface area contributed by atoms with E-state index in [1.54, 1.807) is 38.6 Å². The predicted octanol–water partition coefficient (Wildman–Crippen LogP) is 1.53. The molecule has 0 saturated carbocycles. The Bertz CT molecular complexity index is 892. The number of carbonyl (C=O) groups excluding carboxylic acids is 2. The van der Waals surface area contributed by atoms with E-state index in [0.717, 1.165) is 0 Å². The van der Waals surface area contributed by atoms with Crippen molar-refractivity contribution in [2.24, 2.45) is 14.1 Å². The molecule has 0 atom stereocenters. The van der Waals surface area contributed by atoms with Crippen LogP contribution in [0, 0.1) is 3.57 Å². The molecule has 2 amide bonds. The van der Waals surface area contributed by atoms with Crippen molar-refractivity contribution in [2.45, 2.75) is 6.54 Å². The van der Waals surface area contributed by atoms with Crippen LogP contribution < -0.4 is 10.6 Å². The van der Waals surface area contributed by atoms with Gasteiger partial charge in [-0.15, -0.1) is 0 Å². The lowest BCUT2D eigenvalue weighted by Crippen LogP contribution is -2.25. The minimum Gasteiger partial charge on any atom is -0.467 e. The Morgan fingerprint density at radius 2 is 2.12 bits per heavy atom. The number of amides is 2. The largest absolute Gasteiger partial charge is 0.467 e. The van der Waals surface area contributed by atoms with Gasteiger partial charge >= 0.3 is 0 Å². The summed E-state index contributed by atoms with van der Waals surface area (Å²) in [6, 6.07) is 3.50. The van der Waals surface area contributed by atoms with E-state index in [2.05, 4.69) is 20.8 Å². The van der Waals surface area contributed by atoms with E-state index in [1.165, 1.54) is 15.6 Å². The van der Waals surface area contributed by atoms with Crippen LogP contribution in [0.3, 0.4) is 0 Å². The first-order valence-corrected chi connectivity index (χ1v) is 8.36. The summed E-state index contributed by atoms with van der Waals surface area (Å²) in [4.78, 5) is 24.9. The molecule has 3 aromatic rings. The third-order valence-electron chi connectivity index (χ3n) is 3.40. The molecular weight excluding hydrogens is 439 g/mol. The molecule has 10 heteroatoms. The van der Waals surface area contributed by atoms with Crippen molar-refractivity contribution in [3.05, 3.63) is 51.5 Å². The lowest BCUT2D eigenvalue weighted by molar-refractivity contribution is 0.0943. The van der Waals surface area contributed by atoms with Gasteiger partial charge in [0.05, 0.1) is 28.3 Å². The number of carbonyl (C=O) groups is 2. The van der Waals surface area contributed by atoms with Crippen LogP contribution in [0.5, 0.6) is 0 Å². The molecule has 0 aliphatic carbocycles. The zero-order valence-electron chi connectivity index (χ0n) is 13.5. The fraction of sp³-hybridized carbons (Fsp3) is 0.200. The van der Waals surface area contributed by atoms with E-state index in [0.29, 0.717) is 20.7 Å². The molecule has 130 valence electrons. The van der Waals surface area contributed by atoms with E-state index >= 15 is 0 Å². The van der Waals surface area contributed by atoms with Gasteiger partial charge in [0, 0.05) is 20.3 Å². The number of aryl methyl sites for hydroxylation is 2. The van der Waals surface area contributed by atoms with Crippen molar-refractivity contribution in [1.82, 2.24) is 24.9 Å². The molecule has 0 fully saturated rings. The lowest BCUT2D eigenvalue weighted by atomic mass is 10.3. The second kappa shape index (κ2) is 7.09. The minimum atomic E-state index is -0.410. The number of hydrogen-bond donors (Lipinski definition) is 2. The van der Waals surface area contributed by atoms with Gasteiger partial charge < -0.3 is 15.1 Å². The molecule has 0 bridgehead atoms. The van der Waals surface area contributed by atoms with Crippen LogP contribution >= 0.6 is 22.6 Å². The van der Waals surface area contributed by atoms with Gasteiger partial charge in [0.25, 0.3) is 11.8 Å². The standard InChI is InChI=1S/C15H15IN6O3/c1-21-8-11(19-15(24)13-10(16)7-18-22(13)2)12(20-21)14(23)17-6-9-4-3-5-25-9/h3-5,7-8H,6H2,1-2H3,(H,17,23)(H,19,24). The molecule has 3 heterocycles. The molecular formula is C15H15IN6O3. The highest BCUT2D eigenvalue weighted by atomic mass is 127. The first kappa shape index (κ1) is 17.2. The third kappa shape index (κ3) is 3.73. The van der Waals surface area contributed by atoms with Gasteiger partial charge in [0.15, 0.2) is 5.69 Å². The van der Waals surface area contributed by atoms with Crippen molar-refractivity contribution < 1.29 is 14.0 Å². The Labute approximate surface area is 156 Å². The van der Waals surface area contributed by atoms with Crippen LogP contribution in [0.4, 0.5) is 5.69 Å². The Morgan fingerprint density at radius 1 is 1.32 bits per heavy atom. The summed E-state index contributed by atoms with van der Waals surface area (Å²) in [5.41, 5.74) is 0.854. The maximum Gasteiger partial charge on any atom is 0.275 e. The molecule has 0 spiro atoms. The summed E-state index contributed by atoms with van der Waals surface area (Å²) >= 11 is 2.03. The van der Waals surface area contributed by atoms with Crippen LogP contribution in [-0.2, 0) is 20.6 Å². The van der Waals surface area contributed by atoms with Crippen molar-refractivity contribution in [2.75, 3.05) is 5.32 Å². The van der Waals surface area contributed by atoms with Crippen LogP contribution in [0.15, 0.2) is 35.2 Å². The quantitative estimate of drug-likeness (QED) is 0.569. The van der Waals surface area contributed by atoms with E-state index in [4.69, 9.17) is 4.42 Å². The molecule has 0 aliphatic rings. The summed E-state index contributed by atoms with van der Waals surface area (Å²) in [6.45, 7) is 0.232. The number of hydrogen-bond acceptors (Lipinski definition) is 5. The summed E-state index contributed by atoms with van der Waals surface area (Å²) in [5, 5.41) is 13.6. The Morgan fingerprint density at radius 3 is 2.76 bits per heavy atom. The lowest BCUT2D eigenvalue weighted by Gasteiger charge is -2.06. The van der Waals surface area contributed by atoms with Gasteiger partial charge in [-0.3, -0.25) is 19.0 Å². The van der Waals surface area contributed by atoms with Gasteiger partial charge in [-0.2, -0.15) is 10.2 Å². The maximum absolute atomic E-state index is 12.5. The van der Waals surface area contributed by atoms with Gasteiger partial charge in [0.2, 0.25) is 0 Å². The van der Waals surface area contributed by atoms with Gasteiger partial charge in [-0.25, -0.2) is 0 Å². The SMILES string of the molecule is Cn1cc(NC(=O)c2c(I)cnn2C)c(C(=O)NCc2ccco2)n1. The summed E-state index contributed by atoms with van der Waals surface area (Å²) in [7, 11) is 3.35. The Hall–Kier alpha value is -2.63. The van der Waals surface area contributed by atoms with E-state index < -0.39 is 5.91 Å². The van der Waals surface area contributed by atoms with Crippen molar-refractivity contribution in [3.63, 3.8) is 0 Å². The molecule has 3 rings (SSSR count). The third-order valence-corrected chi connectivity index (χ3v) is 4.19. The molecule has 25 heavy (non-hydrogen) atoms. The van der Waals surface area contributed by atoms with Crippen molar-refractivity contribution in [3.8, 4) is 0 Å². The molecule has 9 nitrogen and oxygen atoms in total. The average Bonchev–Trinajstić information content (AvgIpc) is 3.27. The molecule has 2 N–H and O–H groups in total. The maximum atomic E-state index is 12.5. The number of anilines is 1. The van der Waals surface area contributed by atoms with E-state index in [9.17, 15) is 9.59 Å². The van der Waals surface area contributed by atoms with Gasteiger partial charge in [-0.1, -0.05) is 0 Å². The second-order valence-electron chi connectivity index (χ2n) is 5.25. The van der Waals surface area contributed by atoms with Crippen LogP contribution in [0.1, 0.15) is 26.7 Å².